The van der Waals surface area contributed by atoms with E-state index in [1.165, 1.54) is 12.8 Å². The predicted octanol–water partition coefficient (Wildman–Crippen LogP) is 3.29. The molecule has 0 bridgehead atoms. The Morgan fingerprint density at radius 1 is 1.30 bits per heavy atom. The molecule has 0 saturated carbocycles. The first-order valence-corrected chi connectivity index (χ1v) is 7.28. The normalized spacial score (nSPS) is 20.7. The number of nitrogens with two attached hydrogens (primary N) is 1. The molecule has 20 heavy (non-hydrogen) atoms. The Kier molecular flexibility index (Phi) is 7.03. The summed E-state index contributed by atoms with van der Waals surface area (Å²) in [6, 6.07) is 10.0. The third-order valence-corrected chi connectivity index (χ3v) is 4.00. The van der Waals surface area contributed by atoms with Gasteiger partial charge in [0.2, 0.25) is 5.91 Å². The van der Waals surface area contributed by atoms with Crippen LogP contribution in [-0.2, 0) is 4.79 Å². The number of benzene rings is 1. The van der Waals surface area contributed by atoms with Gasteiger partial charge in [0.25, 0.3) is 0 Å². The second-order valence-electron chi connectivity index (χ2n) is 5.51. The second kappa shape index (κ2) is 8.28. The standard InChI is InChI=1S/C16H24N2O.ClH/c1-13-8-4-3-7-11-18(13)16(19)12-15(17)14-9-5-2-6-10-14;/h2,5-6,9-10,13,15H,3-4,7-8,11-12,17H2,1H3;1H. The van der Waals surface area contributed by atoms with Gasteiger partial charge in [0.15, 0.2) is 0 Å². The maximum Gasteiger partial charge on any atom is 0.224 e. The molecule has 1 amide bonds. The summed E-state index contributed by atoms with van der Waals surface area (Å²) in [5.41, 5.74) is 7.18. The maximum atomic E-state index is 12.4. The van der Waals surface area contributed by atoms with Gasteiger partial charge in [-0.1, -0.05) is 43.2 Å². The molecule has 2 atom stereocenters. The smallest absolute Gasteiger partial charge is 0.224 e. The Bertz CT molecular complexity index is 410. The van der Waals surface area contributed by atoms with Crippen LogP contribution in [0.5, 0.6) is 0 Å². The number of carbonyl (C=O) groups excluding carboxylic acids is 1. The number of hydrogen-bond acceptors (Lipinski definition) is 2. The lowest BCUT2D eigenvalue weighted by Gasteiger charge is -2.28. The molecule has 1 aliphatic heterocycles. The van der Waals surface area contributed by atoms with Gasteiger partial charge in [-0.25, -0.2) is 0 Å². The monoisotopic (exact) mass is 296 g/mol. The molecule has 1 heterocycles. The zero-order valence-corrected chi connectivity index (χ0v) is 12.9. The Morgan fingerprint density at radius 3 is 2.70 bits per heavy atom. The van der Waals surface area contributed by atoms with Crippen molar-refractivity contribution in [2.24, 2.45) is 5.73 Å². The van der Waals surface area contributed by atoms with Crippen LogP contribution in [0, 0.1) is 0 Å². The van der Waals surface area contributed by atoms with Crippen molar-refractivity contribution < 1.29 is 4.79 Å². The van der Waals surface area contributed by atoms with Crippen molar-refractivity contribution in [3.8, 4) is 0 Å². The summed E-state index contributed by atoms with van der Waals surface area (Å²) in [4.78, 5) is 14.4. The van der Waals surface area contributed by atoms with Gasteiger partial charge >= 0.3 is 0 Å². The Balaban J connectivity index is 0.00000200. The van der Waals surface area contributed by atoms with Crippen LogP contribution in [0.25, 0.3) is 0 Å². The molecule has 0 spiro atoms. The van der Waals surface area contributed by atoms with Crippen LogP contribution < -0.4 is 5.73 Å². The van der Waals surface area contributed by atoms with Crippen LogP contribution >= 0.6 is 12.4 Å². The molecule has 0 aromatic heterocycles. The van der Waals surface area contributed by atoms with Crippen molar-refractivity contribution in [2.75, 3.05) is 6.54 Å². The molecule has 1 aliphatic rings. The minimum atomic E-state index is -0.191. The van der Waals surface area contributed by atoms with Crippen molar-refractivity contribution in [1.82, 2.24) is 4.90 Å². The number of amides is 1. The first kappa shape index (κ1) is 17.0. The molecule has 1 aromatic rings. The van der Waals surface area contributed by atoms with Gasteiger partial charge in [0, 0.05) is 25.0 Å². The SMILES string of the molecule is CC1CCCCCN1C(=O)CC(N)c1ccccc1.Cl. The highest BCUT2D eigenvalue weighted by molar-refractivity contribution is 5.85. The third-order valence-electron chi connectivity index (χ3n) is 4.00. The summed E-state index contributed by atoms with van der Waals surface area (Å²) in [6.07, 6.45) is 5.12. The number of rotatable bonds is 3. The summed E-state index contributed by atoms with van der Waals surface area (Å²) in [5, 5.41) is 0. The fraction of sp³-hybridized carbons (Fsp3) is 0.562. The van der Waals surface area contributed by atoms with Gasteiger partial charge < -0.3 is 10.6 Å². The number of nitrogens with zero attached hydrogens (tertiary/aromatic N) is 1. The van der Waals surface area contributed by atoms with Crippen LogP contribution in [0.4, 0.5) is 0 Å². The van der Waals surface area contributed by atoms with Crippen molar-refractivity contribution >= 4 is 18.3 Å². The van der Waals surface area contributed by atoms with E-state index in [9.17, 15) is 4.79 Å². The summed E-state index contributed by atoms with van der Waals surface area (Å²) in [7, 11) is 0. The lowest BCUT2D eigenvalue weighted by molar-refractivity contribution is -0.133. The molecular formula is C16H25ClN2O. The van der Waals surface area contributed by atoms with Crippen LogP contribution in [0.15, 0.2) is 30.3 Å². The van der Waals surface area contributed by atoms with Crippen molar-refractivity contribution in [3.63, 3.8) is 0 Å². The third kappa shape index (κ3) is 4.50. The highest BCUT2D eigenvalue weighted by Crippen LogP contribution is 2.20. The largest absolute Gasteiger partial charge is 0.340 e. The van der Waals surface area contributed by atoms with Crippen LogP contribution in [0.1, 0.15) is 50.6 Å². The van der Waals surface area contributed by atoms with Crippen LogP contribution in [-0.4, -0.2) is 23.4 Å². The lowest BCUT2D eigenvalue weighted by Crippen LogP contribution is -2.39. The van der Waals surface area contributed by atoms with E-state index >= 15 is 0 Å². The number of carbonyl (C=O) groups is 1. The van der Waals surface area contributed by atoms with Gasteiger partial charge in [-0.3, -0.25) is 4.79 Å². The molecule has 1 saturated heterocycles. The van der Waals surface area contributed by atoms with E-state index in [1.807, 2.05) is 35.2 Å². The first-order valence-electron chi connectivity index (χ1n) is 7.28. The van der Waals surface area contributed by atoms with Gasteiger partial charge in [0.1, 0.15) is 0 Å². The summed E-state index contributed by atoms with van der Waals surface area (Å²) < 4.78 is 0. The Labute approximate surface area is 127 Å². The molecule has 2 N–H and O–H groups in total. The van der Waals surface area contributed by atoms with Gasteiger partial charge in [-0.15, -0.1) is 12.4 Å². The molecule has 1 aromatic carbocycles. The van der Waals surface area contributed by atoms with E-state index in [0.717, 1.165) is 24.9 Å². The van der Waals surface area contributed by atoms with Crippen molar-refractivity contribution in [1.29, 1.82) is 0 Å². The molecule has 1 fully saturated rings. The average molecular weight is 297 g/mol. The number of hydrogen-bond donors (Lipinski definition) is 1. The molecule has 4 heteroatoms. The molecule has 0 radical (unpaired) electrons. The van der Waals surface area contributed by atoms with Crippen molar-refractivity contribution in [3.05, 3.63) is 35.9 Å². The molecule has 2 unspecified atom stereocenters. The molecule has 112 valence electrons. The van der Waals surface area contributed by atoms with Crippen molar-refractivity contribution in [2.45, 2.75) is 51.1 Å². The molecule has 2 rings (SSSR count). The summed E-state index contributed by atoms with van der Waals surface area (Å²) in [5.74, 6) is 0.200. The second-order valence-corrected chi connectivity index (χ2v) is 5.51. The van der Waals surface area contributed by atoms with Gasteiger partial charge in [-0.2, -0.15) is 0 Å². The molecular weight excluding hydrogens is 272 g/mol. The van der Waals surface area contributed by atoms with E-state index in [2.05, 4.69) is 6.92 Å². The Hall–Kier alpha value is -1.06. The fourth-order valence-electron chi connectivity index (χ4n) is 2.77. The quantitative estimate of drug-likeness (QED) is 0.930. The molecule has 3 nitrogen and oxygen atoms in total. The first-order chi connectivity index (χ1) is 9.18. The maximum absolute atomic E-state index is 12.4. The number of halogens is 1. The van der Waals surface area contributed by atoms with Crippen LogP contribution in [0.2, 0.25) is 0 Å². The minimum absolute atomic E-state index is 0. The van der Waals surface area contributed by atoms with Gasteiger partial charge in [0.05, 0.1) is 0 Å². The highest BCUT2D eigenvalue weighted by Gasteiger charge is 2.23. The lowest BCUT2D eigenvalue weighted by atomic mass is 10.0. The van der Waals surface area contributed by atoms with E-state index in [4.69, 9.17) is 5.73 Å². The number of likely N-dealkylation sites (tertiary alicyclic amines) is 1. The van der Waals surface area contributed by atoms with E-state index < -0.39 is 0 Å². The summed E-state index contributed by atoms with van der Waals surface area (Å²) >= 11 is 0. The van der Waals surface area contributed by atoms with Crippen LogP contribution in [0.3, 0.4) is 0 Å². The topological polar surface area (TPSA) is 46.3 Å². The zero-order valence-electron chi connectivity index (χ0n) is 12.1. The van der Waals surface area contributed by atoms with E-state index in [-0.39, 0.29) is 24.4 Å². The van der Waals surface area contributed by atoms with E-state index in [0.29, 0.717) is 12.5 Å². The minimum Gasteiger partial charge on any atom is -0.340 e. The predicted molar refractivity (Wildman–Crippen MR) is 84.9 cm³/mol. The van der Waals surface area contributed by atoms with Gasteiger partial charge in [-0.05, 0) is 25.3 Å². The Morgan fingerprint density at radius 2 is 2.00 bits per heavy atom. The zero-order chi connectivity index (χ0) is 13.7. The average Bonchev–Trinajstić information content (AvgIpc) is 2.64. The highest BCUT2D eigenvalue weighted by atomic mass is 35.5. The van der Waals surface area contributed by atoms with E-state index in [1.54, 1.807) is 0 Å². The summed E-state index contributed by atoms with van der Waals surface area (Å²) in [6.45, 7) is 3.04. The fourth-order valence-corrected chi connectivity index (χ4v) is 2.77. The molecule has 0 aliphatic carbocycles.